The molecule has 0 fully saturated rings. The number of nitrogens with zero attached hydrogens (tertiary/aromatic N) is 1. The van der Waals surface area contributed by atoms with Crippen LogP contribution in [-0.2, 0) is 12.8 Å². The summed E-state index contributed by atoms with van der Waals surface area (Å²) in [6.45, 7) is 0.881. The number of hydrogen-bond donors (Lipinski definition) is 2. The topological polar surface area (TPSA) is 71.4 Å². The Labute approximate surface area is 165 Å². The first-order chi connectivity index (χ1) is 12.5. The lowest BCUT2D eigenvalue weighted by Crippen LogP contribution is -2.33. The van der Waals surface area contributed by atoms with Crippen molar-refractivity contribution in [3.8, 4) is 28.7 Å². The number of halogens is 1. The molecule has 1 atom stereocenters. The van der Waals surface area contributed by atoms with Crippen molar-refractivity contribution < 1.29 is 24.4 Å². The van der Waals surface area contributed by atoms with Gasteiger partial charge >= 0.3 is 0 Å². The minimum Gasteiger partial charge on any atom is -0.504 e. The fourth-order valence-corrected chi connectivity index (χ4v) is 3.60. The molecule has 0 saturated heterocycles. The molecule has 148 valence electrons. The van der Waals surface area contributed by atoms with Crippen LogP contribution in [0.4, 0.5) is 0 Å². The van der Waals surface area contributed by atoms with E-state index in [4.69, 9.17) is 14.2 Å². The number of ether oxygens (including phenoxy) is 3. The highest BCUT2D eigenvalue weighted by Gasteiger charge is 2.27. The van der Waals surface area contributed by atoms with E-state index in [1.54, 1.807) is 33.5 Å². The molecule has 0 bridgehead atoms. The highest BCUT2D eigenvalue weighted by atomic mass is 35.5. The average Bonchev–Trinajstić information content (AvgIpc) is 2.64. The van der Waals surface area contributed by atoms with Gasteiger partial charge in [0, 0.05) is 12.6 Å². The van der Waals surface area contributed by atoms with E-state index in [0.29, 0.717) is 23.7 Å². The minimum absolute atomic E-state index is 0. The van der Waals surface area contributed by atoms with Gasteiger partial charge in [0.05, 0.1) is 21.3 Å². The van der Waals surface area contributed by atoms with E-state index in [9.17, 15) is 10.2 Å². The average molecular weight is 396 g/mol. The predicted molar refractivity (Wildman–Crippen MR) is 106 cm³/mol. The summed E-state index contributed by atoms with van der Waals surface area (Å²) in [5.41, 5.74) is 3.13. The lowest BCUT2D eigenvalue weighted by molar-refractivity contribution is 0.227. The number of hydrogen-bond acceptors (Lipinski definition) is 6. The quantitative estimate of drug-likeness (QED) is 0.757. The van der Waals surface area contributed by atoms with E-state index in [1.165, 1.54) is 0 Å². The molecular formula is C20H26ClNO5. The van der Waals surface area contributed by atoms with Crippen molar-refractivity contribution in [2.24, 2.45) is 0 Å². The number of phenolic OH excluding ortho intramolecular Hbond substituents is 2. The molecule has 1 unspecified atom stereocenters. The van der Waals surface area contributed by atoms with Gasteiger partial charge in [-0.3, -0.25) is 4.90 Å². The Morgan fingerprint density at radius 1 is 0.963 bits per heavy atom. The number of fused-ring (bicyclic) bond motifs is 1. The first-order valence-corrected chi connectivity index (χ1v) is 8.52. The normalized spacial score (nSPS) is 16.2. The van der Waals surface area contributed by atoms with Crippen molar-refractivity contribution in [3.63, 3.8) is 0 Å². The van der Waals surface area contributed by atoms with Crippen LogP contribution in [-0.4, -0.2) is 50.0 Å². The zero-order chi connectivity index (χ0) is 18.8. The lowest BCUT2D eigenvalue weighted by atomic mass is 9.88. The summed E-state index contributed by atoms with van der Waals surface area (Å²) in [7, 11) is 6.85. The van der Waals surface area contributed by atoms with Gasteiger partial charge in [0.25, 0.3) is 0 Å². The van der Waals surface area contributed by atoms with Crippen molar-refractivity contribution in [1.29, 1.82) is 0 Å². The Bertz CT molecular complexity index is 786. The van der Waals surface area contributed by atoms with Gasteiger partial charge < -0.3 is 24.4 Å². The number of aromatic hydroxyl groups is 2. The van der Waals surface area contributed by atoms with E-state index in [2.05, 4.69) is 11.9 Å². The van der Waals surface area contributed by atoms with Crippen LogP contribution in [0.1, 0.15) is 22.7 Å². The molecule has 2 aromatic carbocycles. The molecule has 27 heavy (non-hydrogen) atoms. The fraction of sp³-hybridized carbons (Fsp3) is 0.400. The zero-order valence-electron chi connectivity index (χ0n) is 16.0. The zero-order valence-corrected chi connectivity index (χ0v) is 16.8. The van der Waals surface area contributed by atoms with E-state index < -0.39 is 0 Å². The third-order valence-electron chi connectivity index (χ3n) is 5.01. The van der Waals surface area contributed by atoms with E-state index in [0.717, 1.165) is 29.7 Å². The number of likely N-dealkylation sites (N-methyl/N-ethyl adjacent to an activating group) is 1. The summed E-state index contributed by atoms with van der Waals surface area (Å²) in [5.74, 6) is 1.65. The van der Waals surface area contributed by atoms with Gasteiger partial charge in [-0.05, 0) is 60.8 Å². The largest absolute Gasteiger partial charge is 0.504 e. The molecule has 0 amide bonds. The van der Waals surface area contributed by atoms with Gasteiger partial charge in [0.15, 0.2) is 23.0 Å². The SMILES string of the molecule is COc1cc(CC2c3cc(O)c(O)cc3CCN2C)cc(OC)c1OC.Cl. The molecule has 0 saturated carbocycles. The fourth-order valence-electron chi connectivity index (χ4n) is 3.60. The molecule has 7 heteroatoms. The van der Waals surface area contributed by atoms with Gasteiger partial charge in [-0.25, -0.2) is 0 Å². The van der Waals surface area contributed by atoms with Crippen LogP contribution in [0, 0.1) is 0 Å². The number of methoxy groups -OCH3 is 3. The van der Waals surface area contributed by atoms with Gasteiger partial charge in [-0.1, -0.05) is 0 Å². The van der Waals surface area contributed by atoms with Gasteiger partial charge in [-0.15, -0.1) is 12.4 Å². The Balaban J connectivity index is 0.00000261. The molecule has 2 aromatic rings. The monoisotopic (exact) mass is 395 g/mol. The number of benzene rings is 2. The van der Waals surface area contributed by atoms with Gasteiger partial charge in [0.2, 0.25) is 5.75 Å². The smallest absolute Gasteiger partial charge is 0.203 e. The lowest BCUT2D eigenvalue weighted by Gasteiger charge is -2.35. The molecule has 1 aliphatic rings. The van der Waals surface area contributed by atoms with Crippen molar-refractivity contribution in [2.45, 2.75) is 18.9 Å². The van der Waals surface area contributed by atoms with Gasteiger partial charge in [-0.2, -0.15) is 0 Å². The van der Waals surface area contributed by atoms with Crippen molar-refractivity contribution in [2.75, 3.05) is 34.9 Å². The van der Waals surface area contributed by atoms with Crippen LogP contribution in [0.5, 0.6) is 28.7 Å². The van der Waals surface area contributed by atoms with Crippen molar-refractivity contribution in [1.82, 2.24) is 4.90 Å². The van der Waals surface area contributed by atoms with Crippen molar-refractivity contribution >= 4 is 12.4 Å². The Kier molecular flexibility index (Phi) is 6.68. The van der Waals surface area contributed by atoms with Crippen LogP contribution in [0.15, 0.2) is 24.3 Å². The number of rotatable bonds is 5. The van der Waals surface area contributed by atoms with Gasteiger partial charge in [0.1, 0.15) is 0 Å². The second-order valence-electron chi connectivity index (χ2n) is 6.52. The standard InChI is InChI=1S/C20H25NO5.ClH/c1-21-6-5-13-10-16(22)17(23)11-14(13)15(21)7-12-8-18(24-2)20(26-4)19(9-12)25-3;/h8-11,15,22-23H,5-7H2,1-4H3;1H. The molecule has 1 heterocycles. The third-order valence-corrected chi connectivity index (χ3v) is 5.01. The summed E-state index contributed by atoms with van der Waals surface area (Å²) in [4.78, 5) is 2.25. The molecule has 6 nitrogen and oxygen atoms in total. The summed E-state index contributed by atoms with van der Waals surface area (Å²) < 4.78 is 16.3. The molecule has 3 rings (SSSR count). The van der Waals surface area contributed by atoms with E-state index >= 15 is 0 Å². The second-order valence-corrected chi connectivity index (χ2v) is 6.52. The predicted octanol–water partition coefficient (Wildman–Crippen LogP) is 3.32. The van der Waals surface area contributed by atoms with Crippen LogP contribution in [0.2, 0.25) is 0 Å². The Hall–Kier alpha value is -2.31. The highest BCUT2D eigenvalue weighted by molar-refractivity contribution is 5.85. The third kappa shape index (κ3) is 4.01. The van der Waals surface area contributed by atoms with E-state index in [-0.39, 0.29) is 29.9 Å². The highest BCUT2D eigenvalue weighted by Crippen LogP contribution is 2.41. The van der Waals surface area contributed by atoms with Crippen LogP contribution < -0.4 is 14.2 Å². The maximum Gasteiger partial charge on any atom is 0.203 e. The van der Waals surface area contributed by atoms with E-state index in [1.807, 2.05) is 12.1 Å². The molecule has 1 aliphatic heterocycles. The Morgan fingerprint density at radius 2 is 1.56 bits per heavy atom. The summed E-state index contributed by atoms with van der Waals surface area (Å²) in [6.07, 6.45) is 1.55. The van der Waals surface area contributed by atoms with Crippen LogP contribution in [0.3, 0.4) is 0 Å². The second kappa shape index (κ2) is 8.59. The first-order valence-electron chi connectivity index (χ1n) is 8.52. The first kappa shape index (κ1) is 21.0. The summed E-state index contributed by atoms with van der Waals surface area (Å²) in [6, 6.07) is 7.31. The maximum atomic E-state index is 9.95. The molecular weight excluding hydrogens is 370 g/mol. The Morgan fingerprint density at radius 3 is 2.11 bits per heavy atom. The summed E-state index contributed by atoms with van der Waals surface area (Å²) >= 11 is 0. The molecule has 0 radical (unpaired) electrons. The molecule has 0 spiro atoms. The van der Waals surface area contributed by atoms with Crippen LogP contribution >= 0.6 is 12.4 Å². The minimum atomic E-state index is -0.0889. The number of phenols is 2. The molecule has 0 aromatic heterocycles. The summed E-state index contributed by atoms with van der Waals surface area (Å²) in [5, 5.41) is 19.8. The molecule has 2 N–H and O–H groups in total. The maximum absolute atomic E-state index is 9.95. The molecule has 0 aliphatic carbocycles. The van der Waals surface area contributed by atoms with Crippen molar-refractivity contribution in [3.05, 3.63) is 41.0 Å². The van der Waals surface area contributed by atoms with Crippen LogP contribution in [0.25, 0.3) is 0 Å².